The molecular formula is C5H8O2. The Labute approximate surface area is 42.1 Å². The van der Waals surface area contributed by atoms with E-state index in [1.807, 2.05) is 0 Å². The van der Waals surface area contributed by atoms with Crippen molar-refractivity contribution in [1.29, 1.82) is 0 Å². The normalized spacial score (nSPS) is 31.6. The van der Waals surface area contributed by atoms with Gasteiger partial charge in [0.1, 0.15) is 6.10 Å². The van der Waals surface area contributed by atoms with Gasteiger partial charge in [-0.25, -0.2) is 0 Å². The van der Waals surface area contributed by atoms with Gasteiger partial charge in [-0.3, -0.25) is 4.79 Å². The van der Waals surface area contributed by atoms with Crippen LogP contribution in [0.5, 0.6) is 0 Å². The summed E-state index contributed by atoms with van der Waals surface area (Å²) in [5.74, 6) is 0.0139. The van der Waals surface area contributed by atoms with Gasteiger partial charge in [-0.2, -0.15) is 0 Å². The van der Waals surface area contributed by atoms with E-state index in [1.165, 1.54) is 0 Å². The van der Waals surface area contributed by atoms with Crippen molar-refractivity contribution in [2.45, 2.75) is 25.4 Å². The molecule has 0 amide bonds. The highest BCUT2D eigenvalue weighted by Gasteiger charge is 2.20. The summed E-state index contributed by atoms with van der Waals surface area (Å²) in [6.45, 7) is 0. The van der Waals surface area contributed by atoms with Crippen molar-refractivity contribution in [3.05, 3.63) is 0 Å². The first kappa shape index (κ1) is 4.78. The minimum absolute atomic E-state index is 0.0139. The topological polar surface area (TPSA) is 37.3 Å². The zero-order valence-corrected chi connectivity index (χ0v) is 4.05. The van der Waals surface area contributed by atoms with Crippen LogP contribution in [0.4, 0.5) is 0 Å². The zero-order valence-electron chi connectivity index (χ0n) is 4.05. The fourth-order valence-corrected chi connectivity index (χ4v) is 0.797. The molecule has 0 aliphatic heterocycles. The highest BCUT2D eigenvalue weighted by molar-refractivity contribution is 5.84. The number of hydrogen-bond donors (Lipinski definition) is 1. The standard InChI is InChI=1S/C5H8O2/c6-4-2-1-3-5(4)7/h4,6H,1-3H2/t4-/m1/s1. The van der Waals surface area contributed by atoms with Gasteiger partial charge in [0.15, 0.2) is 5.78 Å². The first-order chi connectivity index (χ1) is 3.30. The van der Waals surface area contributed by atoms with Crippen molar-refractivity contribution in [2.24, 2.45) is 0 Å². The lowest BCUT2D eigenvalue weighted by molar-refractivity contribution is -0.124. The summed E-state index contributed by atoms with van der Waals surface area (Å²) in [6.07, 6.45) is 1.51. The van der Waals surface area contributed by atoms with Crippen LogP contribution in [0.3, 0.4) is 0 Å². The molecule has 0 aromatic carbocycles. The van der Waals surface area contributed by atoms with Crippen LogP contribution < -0.4 is 0 Å². The molecule has 1 N–H and O–H groups in total. The van der Waals surface area contributed by atoms with Crippen molar-refractivity contribution in [3.63, 3.8) is 0 Å². The third-order valence-electron chi connectivity index (χ3n) is 1.27. The van der Waals surface area contributed by atoms with Crippen LogP contribution in [0, 0.1) is 0 Å². The molecule has 1 rings (SSSR count). The van der Waals surface area contributed by atoms with Gasteiger partial charge in [-0.1, -0.05) is 0 Å². The van der Waals surface area contributed by atoms with Gasteiger partial charge in [-0.15, -0.1) is 0 Å². The van der Waals surface area contributed by atoms with Gasteiger partial charge in [0.05, 0.1) is 0 Å². The molecule has 0 unspecified atom stereocenters. The lowest BCUT2D eigenvalue weighted by Crippen LogP contribution is -2.10. The first-order valence-corrected chi connectivity index (χ1v) is 2.51. The Balaban J connectivity index is 2.48. The number of rotatable bonds is 0. The lowest BCUT2D eigenvalue weighted by Gasteiger charge is -1.90. The van der Waals surface area contributed by atoms with Crippen LogP contribution in [0.2, 0.25) is 0 Å². The number of Topliss-reactive ketones (excluding diaryl/α,β-unsaturated/α-hetero) is 1. The van der Waals surface area contributed by atoms with E-state index < -0.39 is 6.10 Å². The Hall–Kier alpha value is -0.370. The van der Waals surface area contributed by atoms with E-state index in [0.717, 1.165) is 6.42 Å². The molecular weight excluding hydrogens is 92.1 g/mol. The predicted molar refractivity (Wildman–Crippen MR) is 24.9 cm³/mol. The smallest absolute Gasteiger partial charge is 0.161 e. The minimum Gasteiger partial charge on any atom is -0.385 e. The molecule has 7 heavy (non-hydrogen) atoms. The van der Waals surface area contributed by atoms with E-state index in [9.17, 15) is 4.79 Å². The summed E-state index contributed by atoms with van der Waals surface area (Å²) >= 11 is 0. The summed E-state index contributed by atoms with van der Waals surface area (Å²) in [6, 6.07) is 0. The molecule has 1 aliphatic carbocycles. The highest BCUT2D eigenvalue weighted by atomic mass is 16.3. The molecule has 0 heterocycles. The SMILES string of the molecule is O=C1CCC[C@H]1O. The number of carbonyl (C=O) groups is 1. The second kappa shape index (κ2) is 1.62. The molecule has 40 valence electrons. The molecule has 1 fully saturated rings. The van der Waals surface area contributed by atoms with E-state index in [4.69, 9.17) is 5.11 Å². The van der Waals surface area contributed by atoms with Gasteiger partial charge >= 0.3 is 0 Å². The Kier molecular flexibility index (Phi) is 1.11. The number of ketones is 1. The Morgan fingerprint density at radius 2 is 2.43 bits per heavy atom. The fraction of sp³-hybridized carbons (Fsp3) is 0.800. The maximum absolute atomic E-state index is 10.3. The number of aliphatic hydroxyl groups excluding tert-OH is 1. The second-order valence-electron chi connectivity index (χ2n) is 1.87. The Bertz CT molecular complexity index is 88.1. The van der Waals surface area contributed by atoms with E-state index in [-0.39, 0.29) is 5.78 Å². The van der Waals surface area contributed by atoms with E-state index in [2.05, 4.69) is 0 Å². The molecule has 2 nitrogen and oxygen atoms in total. The molecule has 0 saturated heterocycles. The Morgan fingerprint density at radius 3 is 2.57 bits per heavy atom. The van der Waals surface area contributed by atoms with Gasteiger partial charge in [-0.05, 0) is 12.8 Å². The van der Waals surface area contributed by atoms with Gasteiger partial charge in [0.2, 0.25) is 0 Å². The average molecular weight is 100 g/mol. The summed E-state index contributed by atoms with van der Waals surface area (Å²) in [5.41, 5.74) is 0. The monoisotopic (exact) mass is 100 g/mol. The first-order valence-electron chi connectivity index (χ1n) is 2.51. The van der Waals surface area contributed by atoms with Crippen LogP contribution in [0.1, 0.15) is 19.3 Å². The molecule has 1 aliphatic rings. The predicted octanol–water partition coefficient (Wildman–Crippen LogP) is 0.100. The van der Waals surface area contributed by atoms with Crippen molar-refractivity contribution in [3.8, 4) is 0 Å². The third-order valence-corrected chi connectivity index (χ3v) is 1.27. The quantitative estimate of drug-likeness (QED) is 0.468. The number of carbonyl (C=O) groups excluding carboxylic acids is 1. The minimum atomic E-state index is -0.625. The highest BCUT2D eigenvalue weighted by Crippen LogP contribution is 2.12. The second-order valence-corrected chi connectivity index (χ2v) is 1.87. The molecule has 0 aromatic heterocycles. The molecule has 0 spiro atoms. The molecule has 0 aromatic rings. The third kappa shape index (κ3) is 0.800. The van der Waals surface area contributed by atoms with Crippen LogP contribution in [-0.4, -0.2) is 17.0 Å². The van der Waals surface area contributed by atoms with Gasteiger partial charge in [0, 0.05) is 6.42 Å². The summed E-state index contributed by atoms with van der Waals surface area (Å²) in [7, 11) is 0. The van der Waals surface area contributed by atoms with E-state index in [0.29, 0.717) is 12.8 Å². The average Bonchev–Trinajstić information content (AvgIpc) is 1.91. The van der Waals surface area contributed by atoms with E-state index >= 15 is 0 Å². The maximum atomic E-state index is 10.3. The molecule has 1 atom stereocenters. The maximum Gasteiger partial charge on any atom is 0.161 e. The van der Waals surface area contributed by atoms with Crippen molar-refractivity contribution in [2.75, 3.05) is 0 Å². The molecule has 2 heteroatoms. The Morgan fingerprint density at radius 1 is 1.71 bits per heavy atom. The molecule has 0 radical (unpaired) electrons. The van der Waals surface area contributed by atoms with Crippen molar-refractivity contribution < 1.29 is 9.90 Å². The summed E-state index contributed by atoms with van der Waals surface area (Å²) in [5, 5.41) is 8.65. The lowest BCUT2D eigenvalue weighted by atomic mass is 10.3. The number of aliphatic hydroxyl groups is 1. The van der Waals surface area contributed by atoms with Crippen LogP contribution in [-0.2, 0) is 4.79 Å². The largest absolute Gasteiger partial charge is 0.385 e. The van der Waals surface area contributed by atoms with Crippen molar-refractivity contribution >= 4 is 5.78 Å². The van der Waals surface area contributed by atoms with Crippen LogP contribution in [0.25, 0.3) is 0 Å². The molecule has 1 saturated carbocycles. The van der Waals surface area contributed by atoms with Crippen molar-refractivity contribution in [1.82, 2.24) is 0 Å². The zero-order chi connectivity index (χ0) is 5.28. The molecule has 0 bridgehead atoms. The van der Waals surface area contributed by atoms with Gasteiger partial charge in [0.25, 0.3) is 0 Å². The summed E-state index contributed by atoms with van der Waals surface area (Å²) < 4.78 is 0. The summed E-state index contributed by atoms with van der Waals surface area (Å²) in [4.78, 5) is 10.3. The van der Waals surface area contributed by atoms with E-state index in [1.54, 1.807) is 0 Å². The fourth-order valence-electron chi connectivity index (χ4n) is 0.797. The van der Waals surface area contributed by atoms with Crippen LogP contribution >= 0.6 is 0 Å². The van der Waals surface area contributed by atoms with Crippen LogP contribution in [0.15, 0.2) is 0 Å². The van der Waals surface area contributed by atoms with Gasteiger partial charge < -0.3 is 5.11 Å². The number of hydrogen-bond acceptors (Lipinski definition) is 2.